The molecule has 2 heterocycles. The number of piperidine rings is 1. The Morgan fingerprint density at radius 1 is 1.63 bits per heavy atom. The summed E-state index contributed by atoms with van der Waals surface area (Å²) in [6.07, 6.45) is 5.50. The number of H-pyrrole nitrogens is 1. The average molecular weight is 265 g/mol. The van der Waals surface area contributed by atoms with Crippen molar-refractivity contribution in [2.24, 2.45) is 0 Å². The predicted molar refractivity (Wildman–Crippen MR) is 70.0 cm³/mol. The van der Waals surface area contributed by atoms with Crippen LogP contribution < -0.4 is 5.56 Å². The quantitative estimate of drug-likeness (QED) is 0.873. The van der Waals surface area contributed by atoms with Crippen LogP contribution in [-0.4, -0.2) is 46.6 Å². The molecule has 6 nitrogen and oxygen atoms in total. The van der Waals surface area contributed by atoms with E-state index >= 15 is 0 Å². The molecule has 1 saturated heterocycles. The number of carbonyl (C=O) groups is 1. The van der Waals surface area contributed by atoms with Crippen molar-refractivity contribution in [3.8, 4) is 0 Å². The van der Waals surface area contributed by atoms with E-state index < -0.39 is 0 Å². The largest absolute Gasteiger partial charge is 0.376 e. The van der Waals surface area contributed by atoms with Crippen molar-refractivity contribution in [2.75, 3.05) is 19.7 Å². The van der Waals surface area contributed by atoms with Crippen LogP contribution in [0.5, 0.6) is 0 Å². The maximum absolute atomic E-state index is 12.2. The van der Waals surface area contributed by atoms with Crippen LogP contribution in [0, 0.1) is 0 Å². The van der Waals surface area contributed by atoms with Gasteiger partial charge in [0.1, 0.15) is 5.69 Å². The molecule has 0 spiro atoms. The Morgan fingerprint density at radius 3 is 3.16 bits per heavy atom. The van der Waals surface area contributed by atoms with E-state index in [0.29, 0.717) is 13.1 Å². The summed E-state index contributed by atoms with van der Waals surface area (Å²) in [4.78, 5) is 31.2. The molecular formula is C13H19N3O3. The highest BCUT2D eigenvalue weighted by atomic mass is 16.5. The molecule has 104 valence electrons. The van der Waals surface area contributed by atoms with Gasteiger partial charge in [0.15, 0.2) is 0 Å². The van der Waals surface area contributed by atoms with E-state index in [-0.39, 0.29) is 23.3 Å². The minimum Gasteiger partial charge on any atom is -0.376 e. The third kappa shape index (κ3) is 3.64. The van der Waals surface area contributed by atoms with E-state index in [2.05, 4.69) is 16.9 Å². The summed E-state index contributed by atoms with van der Waals surface area (Å²) < 4.78 is 5.70. The number of ether oxygens (including phenoxy) is 1. The molecular weight excluding hydrogens is 246 g/mol. The summed E-state index contributed by atoms with van der Waals surface area (Å²) in [6, 6.07) is 0. The van der Waals surface area contributed by atoms with Crippen LogP contribution in [0.2, 0.25) is 0 Å². The molecule has 1 aliphatic rings. The van der Waals surface area contributed by atoms with Gasteiger partial charge in [0, 0.05) is 25.9 Å². The summed E-state index contributed by atoms with van der Waals surface area (Å²) in [7, 11) is 0. The van der Waals surface area contributed by atoms with Crippen LogP contribution in [0.4, 0.5) is 0 Å². The highest BCUT2D eigenvalue weighted by Crippen LogP contribution is 2.15. The summed E-state index contributed by atoms with van der Waals surface area (Å²) in [5.74, 6) is -0.152. The lowest BCUT2D eigenvalue weighted by Gasteiger charge is -2.32. The van der Waals surface area contributed by atoms with Crippen molar-refractivity contribution in [1.29, 1.82) is 0 Å². The normalized spacial score (nSPS) is 19.4. The predicted octanol–water partition coefficient (Wildman–Crippen LogP) is 0.801. The van der Waals surface area contributed by atoms with Gasteiger partial charge < -0.3 is 14.6 Å². The molecule has 1 N–H and O–H groups in total. The Morgan fingerprint density at radius 2 is 2.47 bits per heavy atom. The highest BCUT2D eigenvalue weighted by Gasteiger charge is 2.25. The minimum absolute atomic E-state index is 0.111. The Balaban J connectivity index is 1.98. The van der Waals surface area contributed by atoms with Crippen LogP contribution in [0.15, 0.2) is 17.2 Å². The van der Waals surface area contributed by atoms with Crippen molar-refractivity contribution in [1.82, 2.24) is 14.9 Å². The van der Waals surface area contributed by atoms with E-state index in [4.69, 9.17) is 4.74 Å². The topological polar surface area (TPSA) is 75.3 Å². The molecule has 0 saturated carbocycles. The monoisotopic (exact) mass is 265 g/mol. The molecule has 6 heteroatoms. The fourth-order valence-corrected chi connectivity index (χ4v) is 2.16. The number of likely N-dealkylation sites (tertiary alicyclic amines) is 1. The van der Waals surface area contributed by atoms with Gasteiger partial charge in [-0.1, -0.05) is 6.92 Å². The highest BCUT2D eigenvalue weighted by molar-refractivity contribution is 5.92. The van der Waals surface area contributed by atoms with Crippen molar-refractivity contribution < 1.29 is 9.53 Å². The standard InChI is InChI=1S/C13H19N3O3/c1-2-6-19-10-4-3-5-16(9-10)13(18)11-7-15-12(17)8-14-11/h7-8,10H,2-6,9H2,1H3,(H,15,17)/t10-/m0/s1. The maximum Gasteiger partial charge on any atom is 0.274 e. The zero-order chi connectivity index (χ0) is 13.7. The van der Waals surface area contributed by atoms with Crippen molar-refractivity contribution in [2.45, 2.75) is 32.3 Å². The molecule has 0 bridgehead atoms. The van der Waals surface area contributed by atoms with Crippen molar-refractivity contribution >= 4 is 5.91 Å². The van der Waals surface area contributed by atoms with Gasteiger partial charge in [-0.3, -0.25) is 9.59 Å². The number of nitrogens with one attached hydrogen (secondary N) is 1. The first-order chi connectivity index (χ1) is 9.20. The first kappa shape index (κ1) is 13.7. The number of hydrogen-bond acceptors (Lipinski definition) is 4. The second-order valence-corrected chi connectivity index (χ2v) is 4.68. The first-order valence-electron chi connectivity index (χ1n) is 6.66. The van der Waals surface area contributed by atoms with Crippen molar-refractivity contribution in [3.63, 3.8) is 0 Å². The van der Waals surface area contributed by atoms with E-state index in [9.17, 15) is 9.59 Å². The number of aromatic nitrogens is 2. The first-order valence-corrected chi connectivity index (χ1v) is 6.66. The Bertz CT molecular complexity index is 466. The molecule has 2 rings (SSSR count). The van der Waals surface area contributed by atoms with Crippen LogP contribution in [-0.2, 0) is 4.74 Å². The van der Waals surface area contributed by atoms with E-state index in [0.717, 1.165) is 32.1 Å². The lowest BCUT2D eigenvalue weighted by molar-refractivity contribution is 0.00190. The molecule has 19 heavy (non-hydrogen) atoms. The van der Waals surface area contributed by atoms with Gasteiger partial charge in [-0.15, -0.1) is 0 Å². The number of carbonyl (C=O) groups excluding carboxylic acids is 1. The van der Waals surface area contributed by atoms with Gasteiger partial charge in [0.25, 0.3) is 11.5 Å². The Kier molecular flexibility index (Phi) is 4.68. The molecule has 1 fully saturated rings. The molecule has 1 aromatic heterocycles. The van der Waals surface area contributed by atoms with Gasteiger partial charge in [0.05, 0.1) is 12.3 Å². The molecule has 1 atom stereocenters. The Hall–Kier alpha value is -1.69. The van der Waals surface area contributed by atoms with E-state index in [1.54, 1.807) is 4.90 Å². The smallest absolute Gasteiger partial charge is 0.274 e. The fraction of sp³-hybridized carbons (Fsp3) is 0.615. The summed E-state index contributed by atoms with van der Waals surface area (Å²) >= 11 is 0. The number of aromatic amines is 1. The third-order valence-electron chi connectivity index (χ3n) is 3.11. The number of amides is 1. The van der Waals surface area contributed by atoms with Gasteiger partial charge in [-0.2, -0.15) is 0 Å². The second kappa shape index (κ2) is 6.47. The summed E-state index contributed by atoms with van der Waals surface area (Å²) in [5.41, 5.74) is -0.0323. The number of nitrogens with zero attached hydrogens (tertiary/aromatic N) is 2. The van der Waals surface area contributed by atoms with E-state index in [1.807, 2.05) is 0 Å². The van der Waals surface area contributed by atoms with E-state index in [1.165, 1.54) is 6.20 Å². The zero-order valence-electron chi connectivity index (χ0n) is 11.1. The summed E-state index contributed by atoms with van der Waals surface area (Å²) in [5, 5.41) is 0. The number of rotatable bonds is 4. The van der Waals surface area contributed by atoms with Crippen LogP contribution >= 0.6 is 0 Å². The zero-order valence-corrected chi connectivity index (χ0v) is 11.1. The second-order valence-electron chi connectivity index (χ2n) is 4.68. The van der Waals surface area contributed by atoms with Gasteiger partial charge >= 0.3 is 0 Å². The lowest BCUT2D eigenvalue weighted by atomic mass is 10.1. The fourth-order valence-electron chi connectivity index (χ4n) is 2.16. The summed E-state index contributed by atoms with van der Waals surface area (Å²) in [6.45, 7) is 4.10. The molecule has 1 aromatic rings. The Labute approximate surface area is 111 Å². The van der Waals surface area contributed by atoms with Crippen LogP contribution in [0.3, 0.4) is 0 Å². The van der Waals surface area contributed by atoms with Crippen LogP contribution in [0.1, 0.15) is 36.7 Å². The van der Waals surface area contributed by atoms with Gasteiger partial charge in [-0.05, 0) is 19.3 Å². The molecule has 0 unspecified atom stereocenters. The molecule has 0 aliphatic carbocycles. The number of hydrogen-bond donors (Lipinski definition) is 1. The van der Waals surface area contributed by atoms with Gasteiger partial charge in [-0.25, -0.2) is 4.98 Å². The minimum atomic E-state index is -0.306. The van der Waals surface area contributed by atoms with Gasteiger partial charge in [0.2, 0.25) is 0 Å². The van der Waals surface area contributed by atoms with Crippen LogP contribution in [0.25, 0.3) is 0 Å². The molecule has 0 radical (unpaired) electrons. The maximum atomic E-state index is 12.2. The van der Waals surface area contributed by atoms with Crippen molar-refractivity contribution in [3.05, 3.63) is 28.4 Å². The third-order valence-corrected chi connectivity index (χ3v) is 3.11. The molecule has 0 aromatic carbocycles. The average Bonchev–Trinajstić information content (AvgIpc) is 2.45. The molecule has 1 amide bonds. The lowest BCUT2D eigenvalue weighted by Crippen LogP contribution is -2.43. The SMILES string of the molecule is CCCO[C@H]1CCCN(C(=O)c2c[nH]c(=O)cn2)C1. The molecule has 1 aliphatic heterocycles.